The first-order chi connectivity index (χ1) is 6.24. The first kappa shape index (κ1) is 10.2. The number of halogens is 1. The van der Waals surface area contributed by atoms with Crippen molar-refractivity contribution in [2.45, 2.75) is 13.0 Å². The monoisotopic (exact) mass is 183 g/mol. The Morgan fingerprint density at radius 3 is 2.92 bits per heavy atom. The Morgan fingerprint density at radius 2 is 2.31 bits per heavy atom. The van der Waals surface area contributed by atoms with Crippen LogP contribution in [0.5, 0.6) is 0 Å². The predicted octanol–water partition coefficient (Wildman–Crippen LogP) is 1.47. The maximum absolute atomic E-state index is 12.7. The molecule has 0 aliphatic carbocycles. The molecule has 72 valence electrons. The van der Waals surface area contributed by atoms with Crippen molar-refractivity contribution in [1.29, 1.82) is 0 Å². The maximum Gasteiger partial charge on any atom is 0.123 e. The molecule has 0 bridgehead atoms. The van der Waals surface area contributed by atoms with E-state index < -0.39 is 6.10 Å². The highest BCUT2D eigenvalue weighted by Crippen LogP contribution is 2.12. The Balaban J connectivity index is 2.60. The summed E-state index contributed by atoms with van der Waals surface area (Å²) in [5, 5.41) is 12.5. The van der Waals surface area contributed by atoms with Crippen molar-refractivity contribution in [3.63, 3.8) is 0 Å². The molecule has 0 unspecified atom stereocenters. The molecule has 2 nitrogen and oxygen atoms in total. The highest BCUT2D eigenvalue weighted by atomic mass is 19.1. The number of hydrogen-bond acceptors (Lipinski definition) is 2. The van der Waals surface area contributed by atoms with Gasteiger partial charge in [0.25, 0.3) is 0 Å². The number of benzene rings is 1. The Hall–Kier alpha value is -0.930. The lowest BCUT2D eigenvalue weighted by Crippen LogP contribution is -2.20. The predicted molar refractivity (Wildman–Crippen MR) is 49.9 cm³/mol. The molecule has 1 aromatic rings. The van der Waals surface area contributed by atoms with Crippen molar-refractivity contribution in [3.05, 3.63) is 35.6 Å². The van der Waals surface area contributed by atoms with Crippen molar-refractivity contribution in [2.75, 3.05) is 13.1 Å². The van der Waals surface area contributed by atoms with Crippen LogP contribution >= 0.6 is 0 Å². The van der Waals surface area contributed by atoms with Gasteiger partial charge in [-0.3, -0.25) is 0 Å². The fourth-order valence-electron chi connectivity index (χ4n) is 1.11. The van der Waals surface area contributed by atoms with Gasteiger partial charge in [0.15, 0.2) is 0 Å². The van der Waals surface area contributed by atoms with Crippen LogP contribution in [-0.4, -0.2) is 18.2 Å². The average Bonchev–Trinajstić information content (AvgIpc) is 2.14. The van der Waals surface area contributed by atoms with E-state index in [-0.39, 0.29) is 5.82 Å². The third-order valence-electron chi connectivity index (χ3n) is 1.82. The number of rotatable bonds is 4. The Labute approximate surface area is 77.4 Å². The number of likely N-dealkylation sites (N-methyl/N-ethyl adjacent to an activating group) is 1. The lowest BCUT2D eigenvalue weighted by atomic mass is 10.1. The highest BCUT2D eigenvalue weighted by Gasteiger charge is 2.06. The summed E-state index contributed by atoms with van der Waals surface area (Å²) in [6, 6.07) is 6.02. The van der Waals surface area contributed by atoms with Gasteiger partial charge >= 0.3 is 0 Å². The molecule has 0 amide bonds. The van der Waals surface area contributed by atoms with E-state index >= 15 is 0 Å². The van der Waals surface area contributed by atoms with Crippen LogP contribution in [0.25, 0.3) is 0 Å². The summed E-state index contributed by atoms with van der Waals surface area (Å²) in [5.41, 5.74) is 0.612. The third kappa shape index (κ3) is 3.13. The van der Waals surface area contributed by atoms with Gasteiger partial charge in [0, 0.05) is 6.54 Å². The van der Waals surface area contributed by atoms with E-state index in [4.69, 9.17) is 0 Å². The van der Waals surface area contributed by atoms with Crippen LogP contribution in [-0.2, 0) is 0 Å². The molecule has 0 radical (unpaired) electrons. The highest BCUT2D eigenvalue weighted by molar-refractivity contribution is 5.18. The zero-order valence-electron chi connectivity index (χ0n) is 7.63. The van der Waals surface area contributed by atoms with Gasteiger partial charge in [-0.15, -0.1) is 0 Å². The molecule has 0 saturated carbocycles. The fraction of sp³-hybridized carbons (Fsp3) is 0.400. The van der Waals surface area contributed by atoms with Crippen LogP contribution in [0.2, 0.25) is 0 Å². The molecular formula is C10H14FNO. The molecule has 0 heterocycles. The third-order valence-corrected chi connectivity index (χ3v) is 1.82. The molecule has 0 aromatic heterocycles. The minimum atomic E-state index is -0.629. The zero-order valence-corrected chi connectivity index (χ0v) is 7.63. The quantitative estimate of drug-likeness (QED) is 0.740. The lowest BCUT2D eigenvalue weighted by molar-refractivity contribution is 0.175. The van der Waals surface area contributed by atoms with Crippen LogP contribution in [0.4, 0.5) is 4.39 Å². The smallest absolute Gasteiger partial charge is 0.123 e. The van der Waals surface area contributed by atoms with Gasteiger partial charge in [-0.1, -0.05) is 19.1 Å². The molecule has 0 spiro atoms. The minimum absolute atomic E-state index is 0.312. The summed E-state index contributed by atoms with van der Waals surface area (Å²) >= 11 is 0. The number of hydrogen-bond donors (Lipinski definition) is 2. The van der Waals surface area contributed by atoms with E-state index in [2.05, 4.69) is 5.32 Å². The van der Waals surface area contributed by atoms with E-state index in [0.29, 0.717) is 12.1 Å². The molecule has 2 N–H and O–H groups in total. The molecule has 0 fully saturated rings. The van der Waals surface area contributed by atoms with Crippen LogP contribution in [0, 0.1) is 5.82 Å². The normalized spacial score (nSPS) is 12.8. The van der Waals surface area contributed by atoms with Gasteiger partial charge < -0.3 is 10.4 Å². The van der Waals surface area contributed by atoms with Crippen LogP contribution in [0.1, 0.15) is 18.6 Å². The summed E-state index contributed by atoms with van der Waals surface area (Å²) < 4.78 is 12.7. The van der Waals surface area contributed by atoms with E-state index in [1.165, 1.54) is 12.1 Å². The second kappa shape index (κ2) is 4.94. The Morgan fingerprint density at radius 1 is 1.54 bits per heavy atom. The van der Waals surface area contributed by atoms with Gasteiger partial charge in [0.05, 0.1) is 6.10 Å². The maximum atomic E-state index is 12.7. The summed E-state index contributed by atoms with van der Waals surface area (Å²) in [4.78, 5) is 0. The molecule has 3 heteroatoms. The number of aliphatic hydroxyl groups is 1. The fourth-order valence-corrected chi connectivity index (χ4v) is 1.11. The van der Waals surface area contributed by atoms with Gasteiger partial charge in [-0.2, -0.15) is 0 Å². The second-order valence-corrected chi connectivity index (χ2v) is 2.88. The lowest BCUT2D eigenvalue weighted by Gasteiger charge is -2.10. The van der Waals surface area contributed by atoms with Gasteiger partial charge in [0.1, 0.15) is 5.82 Å². The zero-order chi connectivity index (χ0) is 9.68. The molecule has 0 aliphatic rings. The van der Waals surface area contributed by atoms with E-state index in [1.54, 1.807) is 12.1 Å². The molecule has 1 rings (SSSR count). The summed E-state index contributed by atoms with van der Waals surface area (Å²) in [6.07, 6.45) is -0.629. The van der Waals surface area contributed by atoms with Crippen molar-refractivity contribution in [1.82, 2.24) is 5.32 Å². The first-order valence-corrected chi connectivity index (χ1v) is 4.38. The van der Waals surface area contributed by atoms with Gasteiger partial charge in [-0.25, -0.2) is 4.39 Å². The Kier molecular flexibility index (Phi) is 3.86. The largest absolute Gasteiger partial charge is 0.387 e. The molecule has 1 atom stereocenters. The standard InChI is InChI=1S/C10H14FNO/c1-2-12-7-10(13)8-4-3-5-9(11)6-8/h3-6,10,12-13H,2,7H2,1H3/t10-/m0/s1. The Bertz CT molecular complexity index is 265. The summed E-state index contributed by atoms with van der Waals surface area (Å²) in [7, 11) is 0. The van der Waals surface area contributed by atoms with E-state index in [9.17, 15) is 9.50 Å². The van der Waals surface area contributed by atoms with Crippen LogP contribution in [0.3, 0.4) is 0 Å². The van der Waals surface area contributed by atoms with Crippen molar-refractivity contribution < 1.29 is 9.50 Å². The summed E-state index contributed by atoms with van der Waals surface area (Å²) in [6.45, 7) is 3.21. The molecular weight excluding hydrogens is 169 g/mol. The van der Waals surface area contributed by atoms with Crippen molar-refractivity contribution >= 4 is 0 Å². The average molecular weight is 183 g/mol. The van der Waals surface area contributed by atoms with Crippen LogP contribution < -0.4 is 5.32 Å². The first-order valence-electron chi connectivity index (χ1n) is 4.38. The van der Waals surface area contributed by atoms with Crippen molar-refractivity contribution in [2.24, 2.45) is 0 Å². The van der Waals surface area contributed by atoms with Gasteiger partial charge in [-0.05, 0) is 24.2 Å². The SMILES string of the molecule is CCNC[C@H](O)c1cccc(F)c1. The number of aliphatic hydroxyl groups excluding tert-OH is 1. The van der Waals surface area contributed by atoms with E-state index in [0.717, 1.165) is 6.54 Å². The van der Waals surface area contributed by atoms with E-state index in [1.807, 2.05) is 6.92 Å². The minimum Gasteiger partial charge on any atom is -0.387 e. The molecule has 0 aliphatic heterocycles. The topological polar surface area (TPSA) is 32.3 Å². The second-order valence-electron chi connectivity index (χ2n) is 2.88. The molecule has 0 saturated heterocycles. The molecule has 13 heavy (non-hydrogen) atoms. The van der Waals surface area contributed by atoms with Crippen LogP contribution in [0.15, 0.2) is 24.3 Å². The molecule has 1 aromatic carbocycles. The van der Waals surface area contributed by atoms with Gasteiger partial charge in [0.2, 0.25) is 0 Å². The van der Waals surface area contributed by atoms with Crippen molar-refractivity contribution in [3.8, 4) is 0 Å². The summed E-state index contributed by atoms with van der Waals surface area (Å²) in [5.74, 6) is -0.312. The number of nitrogens with one attached hydrogen (secondary N) is 1.